The standard InChI is InChI=1S/C31H25F8N3O4/c1-5-19-20(10-9-17(13-40)23(19)16(4)28(45)46)26(43)41-22-8-6-7-21(24(22)32)27(44)42-25-14(2)11-18(12-15(25)3)29(33,30(34,35)36)31(37,38)39/h6-12,16H,5H2,1-4H3,(H,41,43)(H,42,44)(H,45,46). The molecule has 0 aromatic heterocycles. The van der Waals surface area contributed by atoms with Crippen LogP contribution in [0.4, 0.5) is 46.5 Å². The Hall–Kier alpha value is -5.00. The van der Waals surface area contributed by atoms with Gasteiger partial charge in [-0.15, -0.1) is 0 Å². The number of hydrogen-bond donors (Lipinski definition) is 3. The fraction of sp³-hybridized carbons (Fsp3) is 0.290. The number of carboxylic acid groups (broad SMARTS) is 1. The maximum absolute atomic E-state index is 15.5. The lowest BCUT2D eigenvalue weighted by molar-refractivity contribution is -0.348. The molecule has 3 aromatic rings. The highest BCUT2D eigenvalue weighted by Crippen LogP contribution is 2.53. The van der Waals surface area contributed by atoms with Crippen LogP contribution in [0.2, 0.25) is 0 Å². The lowest BCUT2D eigenvalue weighted by Gasteiger charge is -2.31. The van der Waals surface area contributed by atoms with E-state index in [4.69, 9.17) is 0 Å². The molecule has 3 N–H and O–H groups in total. The molecule has 0 spiro atoms. The summed E-state index contributed by atoms with van der Waals surface area (Å²) in [4.78, 5) is 37.9. The van der Waals surface area contributed by atoms with Gasteiger partial charge in [0, 0.05) is 16.8 Å². The first-order valence-electron chi connectivity index (χ1n) is 13.3. The molecule has 1 atom stereocenters. The van der Waals surface area contributed by atoms with Crippen LogP contribution in [-0.2, 0) is 16.9 Å². The second-order valence-corrected chi connectivity index (χ2v) is 10.3. The van der Waals surface area contributed by atoms with Gasteiger partial charge in [0.2, 0.25) is 0 Å². The summed E-state index contributed by atoms with van der Waals surface area (Å²) in [5.74, 6) is -5.77. The predicted octanol–water partition coefficient (Wildman–Crippen LogP) is 7.86. The molecule has 15 heteroatoms. The SMILES string of the molecule is CCc1c(C(=O)Nc2cccc(C(=O)Nc3c(C)cc(C(F)(C(F)(F)F)C(F)(F)F)cc3C)c2F)ccc(C#N)c1C(C)C(=O)O. The molecule has 0 aliphatic heterocycles. The number of hydrogen-bond acceptors (Lipinski definition) is 4. The Bertz CT molecular complexity index is 1720. The molecule has 0 aliphatic carbocycles. The number of aryl methyl sites for hydroxylation is 2. The number of anilines is 2. The molecule has 0 saturated heterocycles. The highest BCUT2D eigenvalue weighted by atomic mass is 19.4. The number of nitrogens with zero attached hydrogens (tertiary/aromatic N) is 1. The summed E-state index contributed by atoms with van der Waals surface area (Å²) in [7, 11) is 0. The first-order chi connectivity index (χ1) is 21.2. The Morgan fingerprint density at radius 2 is 1.43 bits per heavy atom. The number of nitrogens with one attached hydrogen (secondary N) is 2. The molecular weight excluding hydrogens is 630 g/mol. The van der Waals surface area contributed by atoms with E-state index in [0.717, 1.165) is 26.0 Å². The zero-order valence-corrected chi connectivity index (χ0v) is 24.5. The molecule has 1 unspecified atom stereocenters. The van der Waals surface area contributed by atoms with E-state index in [-0.39, 0.29) is 57.6 Å². The Kier molecular flexibility index (Phi) is 9.86. The minimum absolute atomic E-state index is 0.0285. The van der Waals surface area contributed by atoms with Gasteiger partial charge in [-0.3, -0.25) is 14.4 Å². The summed E-state index contributed by atoms with van der Waals surface area (Å²) in [6.07, 6.45) is -12.6. The fourth-order valence-corrected chi connectivity index (χ4v) is 5.00. The quantitative estimate of drug-likeness (QED) is 0.214. The molecule has 244 valence electrons. The van der Waals surface area contributed by atoms with Crippen molar-refractivity contribution in [2.24, 2.45) is 0 Å². The van der Waals surface area contributed by atoms with Gasteiger partial charge >= 0.3 is 24.0 Å². The van der Waals surface area contributed by atoms with Crippen LogP contribution >= 0.6 is 0 Å². The molecule has 0 radical (unpaired) electrons. The Morgan fingerprint density at radius 1 is 0.891 bits per heavy atom. The van der Waals surface area contributed by atoms with Crippen LogP contribution < -0.4 is 10.6 Å². The summed E-state index contributed by atoms with van der Waals surface area (Å²) in [6, 6.07) is 8.21. The van der Waals surface area contributed by atoms with Gasteiger partial charge in [0.25, 0.3) is 11.8 Å². The van der Waals surface area contributed by atoms with Crippen LogP contribution in [0.25, 0.3) is 0 Å². The molecule has 0 aliphatic rings. The van der Waals surface area contributed by atoms with Crippen molar-refractivity contribution >= 4 is 29.2 Å². The Morgan fingerprint density at radius 3 is 1.91 bits per heavy atom. The van der Waals surface area contributed by atoms with Gasteiger partial charge in [-0.1, -0.05) is 25.1 Å². The van der Waals surface area contributed by atoms with Crippen LogP contribution in [0.3, 0.4) is 0 Å². The lowest BCUT2D eigenvalue weighted by atomic mass is 9.86. The average Bonchev–Trinajstić information content (AvgIpc) is 2.96. The summed E-state index contributed by atoms with van der Waals surface area (Å²) in [5, 5.41) is 23.5. The van der Waals surface area contributed by atoms with E-state index in [0.29, 0.717) is 0 Å². The van der Waals surface area contributed by atoms with Crippen molar-refractivity contribution in [1.82, 2.24) is 0 Å². The topological polar surface area (TPSA) is 119 Å². The third kappa shape index (κ3) is 6.37. The van der Waals surface area contributed by atoms with E-state index >= 15 is 4.39 Å². The minimum Gasteiger partial charge on any atom is -0.481 e. The van der Waals surface area contributed by atoms with Gasteiger partial charge in [-0.25, -0.2) is 8.78 Å². The van der Waals surface area contributed by atoms with Crippen LogP contribution in [0.15, 0.2) is 42.5 Å². The zero-order chi connectivity index (χ0) is 34.9. The third-order valence-corrected chi connectivity index (χ3v) is 7.32. The number of carboxylic acids is 1. The van der Waals surface area contributed by atoms with Gasteiger partial charge in [-0.2, -0.15) is 31.6 Å². The second kappa shape index (κ2) is 12.8. The molecule has 0 fully saturated rings. The van der Waals surface area contributed by atoms with Crippen LogP contribution in [-0.4, -0.2) is 35.2 Å². The van der Waals surface area contributed by atoms with Gasteiger partial charge in [0.15, 0.2) is 5.82 Å². The van der Waals surface area contributed by atoms with Crippen LogP contribution in [0.1, 0.15) is 73.9 Å². The monoisotopic (exact) mass is 655 g/mol. The zero-order valence-electron chi connectivity index (χ0n) is 24.5. The van der Waals surface area contributed by atoms with Gasteiger partial charge in [-0.05, 0) is 73.7 Å². The average molecular weight is 656 g/mol. The summed E-state index contributed by atoms with van der Waals surface area (Å²) in [5.41, 5.74) is -9.42. The maximum atomic E-state index is 15.5. The molecular formula is C31H25F8N3O4. The third-order valence-electron chi connectivity index (χ3n) is 7.32. The number of benzene rings is 3. The first kappa shape index (κ1) is 35.5. The number of alkyl halides is 7. The molecule has 7 nitrogen and oxygen atoms in total. The van der Waals surface area contributed by atoms with Crippen molar-refractivity contribution in [2.75, 3.05) is 10.6 Å². The number of halogens is 8. The van der Waals surface area contributed by atoms with E-state index in [1.807, 2.05) is 6.07 Å². The molecule has 0 saturated carbocycles. The van der Waals surface area contributed by atoms with E-state index < -0.39 is 64.4 Å². The molecule has 3 aromatic carbocycles. The molecule has 3 rings (SSSR count). The summed E-state index contributed by atoms with van der Waals surface area (Å²) >= 11 is 0. The first-order valence-corrected chi connectivity index (χ1v) is 13.3. The summed E-state index contributed by atoms with van der Waals surface area (Å²) < 4.78 is 110. The number of nitriles is 1. The number of amides is 2. The van der Waals surface area contributed by atoms with Crippen LogP contribution in [0.5, 0.6) is 0 Å². The lowest BCUT2D eigenvalue weighted by Crippen LogP contribution is -2.50. The van der Waals surface area contributed by atoms with Gasteiger partial charge in [0.05, 0.1) is 28.8 Å². The van der Waals surface area contributed by atoms with Crippen molar-refractivity contribution in [3.8, 4) is 6.07 Å². The van der Waals surface area contributed by atoms with Crippen molar-refractivity contribution < 1.29 is 54.6 Å². The number of carbonyl (C=O) groups is 3. The van der Waals surface area contributed by atoms with E-state index in [2.05, 4.69) is 10.6 Å². The number of carbonyl (C=O) groups excluding carboxylic acids is 2. The van der Waals surface area contributed by atoms with E-state index in [1.54, 1.807) is 6.92 Å². The Labute approximate surface area is 256 Å². The normalized spacial score (nSPS) is 12.7. The van der Waals surface area contributed by atoms with Gasteiger partial charge < -0.3 is 15.7 Å². The summed E-state index contributed by atoms with van der Waals surface area (Å²) in [6.45, 7) is 5.00. The molecule has 0 bridgehead atoms. The van der Waals surface area contributed by atoms with Crippen molar-refractivity contribution in [1.29, 1.82) is 5.26 Å². The van der Waals surface area contributed by atoms with E-state index in [1.165, 1.54) is 25.1 Å². The van der Waals surface area contributed by atoms with Crippen molar-refractivity contribution in [3.05, 3.63) is 92.8 Å². The fourth-order valence-electron chi connectivity index (χ4n) is 5.00. The number of rotatable bonds is 8. The molecule has 2 amide bonds. The largest absolute Gasteiger partial charge is 0.481 e. The number of aliphatic carboxylic acids is 1. The second-order valence-electron chi connectivity index (χ2n) is 10.3. The predicted molar refractivity (Wildman–Crippen MR) is 150 cm³/mol. The Balaban J connectivity index is 1.97. The van der Waals surface area contributed by atoms with E-state index in [9.17, 15) is 55.5 Å². The maximum Gasteiger partial charge on any atom is 0.435 e. The van der Waals surface area contributed by atoms with Crippen molar-refractivity contribution in [3.63, 3.8) is 0 Å². The smallest absolute Gasteiger partial charge is 0.435 e. The highest BCUT2D eigenvalue weighted by Gasteiger charge is 2.73. The molecule has 0 heterocycles. The minimum atomic E-state index is -6.35. The van der Waals surface area contributed by atoms with Gasteiger partial charge in [0.1, 0.15) is 0 Å². The van der Waals surface area contributed by atoms with Crippen molar-refractivity contribution in [2.45, 2.75) is 58.1 Å². The van der Waals surface area contributed by atoms with Crippen LogP contribution in [0, 0.1) is 31.0 Å². The highest BCUT2D eigenvalue weighted by molar-refractivity contribution is 6.09. The molecule has 46 heavy (non-hydrogen) atoms.